The van der Waals surface area contributed by atoms with Gasteiger partial charge in [-0.2, -0.15) is 0 Å². The van der Waals surface area contributed by atoms with Crippen LogP contribution in [0.2, 0.25) is 0 Å². The van der Waals surface area contributed by atoms with Gasteiger partial charge >= 0.3 is 0 Å². The summed E-state index contributed by atoms with van der Waals surface area (Å²) in [6, 6.07) is 0. The Labute approximate surface area is 65.1 Å². The Kier molecular flexibility index (Phi) is 10.8. The van der Waals surface area contributed by atoms with Gasteiger partial charge in [0.2, 0.25) is 0 Å². The Morgan fingerprint density at radius 2 is 1.30 bits per heavy atom. The molecule has 0 radical (unpaired) electrons. The molecule has 0 aromatic rings. The summed E-state index contributed by atoms with van der Waals surface area (Å²) in [5, 5.41) is 0. The SMILES string of the molecule is C=CC.CC(C)OC(C)C. The molecule has 0 aliphatic rings. The fourth-order valence-electron chi connectivity index (χ4n) is 0.544. The third-order valence-electron chi connectivity index (χ3n) is 0.544. The van der Waals surface area contributed by atoms with Gasteiger partial charge in [0.15, 0.2) is 0 Å². The van der Waals surface area contributed by atoms with Crippen LogP contribution >= 0.6 is 0 Å². The first-order chi connectivity index (χ1) is 4.54. The lowest BCUT2D eigenvalue weighted by atomic mass is 10.4. The van der Waals surface area contributed by atoms with Gasteiger partial charge in [0.1, 0.15) is 0 Å². The summed E-state index contributed by atoms with van der Waals surface area (Å²) in [7, 11) is 0. The van der Waals surface area contributed by atoms with Crippen LogP contribution in [0.25, 0.3) is 0 Å². The van der Waals surface area contributed by atoms with Crippen molar-refractivity contribution >= 4 is 0 Å². The number of allylic oxidation sites excluding steroid dienone is 1. The molecule has 0 heterocycles. The van der Waals surface area contributed by atoms with Crippen molar-refractivity contribution in [3.05, 3.63) is 12.7 Å². The molecule has 0 rings (SSSR count). The summed E-state index contributed by atoms with van der Waals surface area (Å²) < 4.78 is 5.25. The van der Waals surface area contributed by atoms with Crippen LogP contribution in [0, 0.1) is 0 Å². The largest absolute Gasteiger partial charge is 0.376 e. The van der Waals surface area contributed by atoms with Crippen LogP contribution in [-0.2, 0) is 4.74 Å². The highest BCUT2D eigenvalue weighted by molar-refractivity contribution is 4.51. The standard InChI is InChI=1S/C6H14O.C3H6/c1-5(2)7-6(3)4;1-3-2/h5-6H,1-4H3;3H,1H2,2H3. The van der Waals surface area contributed by atoms with E-state index in [9.17, 15) is 0 Å². The predicted octanol–water partition coefficient (Wildman–Crippen LogP) is 3.01. The average Bonchev–Trinajstić information content (AvgIpc) is 1.62. The van der Waals surface area contributed by atoms with Gasteiger partial charge in [-0.25, -0.2) is 0 Å². The van der Waals surface area contributed by atoms with Gasteiger partial charge in [-0.05, 0) is 34.6 Å². The van der Waals surface area contributed by atoms with Gasteiger partial charge in [-0.15, -0.1) is 6.58 Å². The molecule has 0 amide bonds. The van der Waals surface area contributed by atoms with E-state index in [-0.39, 0.29) is 0 Å². The first-order valence-corrected chi connectivity index (χ1v) is 3.77. The van der Waals surface area contributed by atoms with Gasteiger partial charge < -0.3 is 4.74 Å². The molecule has 0 aromatic heterocycles. The minimum atomic E-state index is 0.375. The van der Waals surface area contributed by atoms with Crippen molar-refractivity contribution in [2.24, 2.45) is 0 Å². The second kappa shape index (κ2) is 8.70. The number of rotatable bonds is 2. The van der Waals surface area contributed by atoms with Gasteiger partial charge in [-0.3, -0.25) is 0 Å². The summed E-state index contributed by atoms with van der Waals surface area (Å²) in [5.41, 5.74) is 0. The minimum absolute atomic E-state index is 0.375. The highest BCUT2D eigenvalue weighted by Crippen LogP contribution is 1.93. The van der Waals surface area contributed by atoms with Crippen LogP contribution in [0.4, 0.5) is 0 Å². The molecule has 0 N–H and O–H groups in total. The maximum Gasteiger partial charge on any atom is 0.0522 e. The summed E-state index contributed by atoms with van der Waals surface area (Å²) in [6.45, 7) is 13.4. The molecule has 0 saturated heterocycles. The smallest absolute Gasteiger partial charge is 0.0522 e. The van der Waals surface area contributed by atoms with Crippen LogP contribution in [0.3, 0.4) is 0 Å². The topological polar surface area (TPSA) is 9.23 Å². The lowest BCUT2D eigenvalue weighted by molar-refractivity contribution is 0.0300. The van der Waals surface area contributed by atoms with E-state index in [1.54, 1.807) is 6.08 Å². The Morgan fingerprint density at radius 3 is 1.30 bits per heavy atom. The molecule has 0 atom stereocenters. The molecule has 0 aromatic carbocycles. The molecule has 0 bridgehead atoms. The van der Waals surface area contributed by atoms with E-state index in [0.29, 0.717) is 12.2 Å². The second-order valence-electron chi connectivity index (χ2n) is 2.64. The predicted molar refractivity (Wildman–Crippen MR) is 47.2 cm³/mol. The van der Waals surface area contributed by atoms with Crippen molar-refractivity contribution in [3.8, 4) is 0 Å². The summed E-state index contributed by atoms with van der Waals surface area (Å²) in [6.07, 6.45) is 2.50. The lowest BCUT2D eigenvalue weighted by Gasteiger charge is -2.09. The first kappa shape index (κ1) is 12.4. The number of hydrogen-bond donors (Lipinski definition) is 0. The maximum atomic E-state index is 5.25. The monoisotopic (exact) mass is 144 g/mol. The lowest BCUT2D eigenvalue weighted by Crippen LogP contribution is -2.09. The zero-order valence-corrected chi connectivity index (χ0v) is 7.85. The highest BCUT2D eigenvalue weighted by Gasteiger charge is 1.94. The van der Waals surface area contributed by atoms with Gasteiger partial charge in [0.25, 0.3) is 0 Å². The molecular formula is C9H20O. The normalized spacial score (nSPS) is 9.10. The van der Waals surface area contributed by atoms with Crippen molar-refractivity contribution in [3.63, 3.8) is 0 Å². The van der Waals surface area contributed by atoms with Gasteiger partial charge in [0, 0.05) is 0 Å². The third-order valence-corrected chi connectivity index (χ3v) is 0.544. The van der Waals surface area contributed by atoms with E-state index in [0.717, 1.165) is 0 Å². The molecule has 0 aliphatic heterocycles. The summed E-state index contributed by atoms with van der Waals surface area (Å²) in [5.74, 6) is 0. The van der Waals surface area contributed by atoms with Gasteiger partial charge in [-0.1, -0.05) is 6.08 Å². The van der Waals surface area contributed by atoms with Crippen molar-refractivity contribution < 1.29 is 4.74 Å². The summed E-state index contributed by atoms with van der Waals surface area (Å²) in [4.78, 5) is 0. The molecule has 0 fully saturated rings. The highest BCUT2D eigenvalue weighted by atomic mass is 16.5. The molecule has 0 spiro atoms. The minimum Gasteiger partial charge on any atom is -0.376 e. The van der Waals surface area contributed by atoms with E-state index < -0.39 is 0 Å². The van der Waals surface area contributed by atoms with Crippen molar-refractivity contribution in [1.29, 1.82) is 0 Å². The van der Waals surface area contributed by atoms with E-state index >= 15 is 0 Å². The fourth-order valence-corrected chi connectivity index (χ4v) is 0.544. The van der Waals surface area contributed by atoms with Crippen LogP contribution in [0.5, 0.6) is 0 Å². The fraction of sp³-hybridized carbons (Fsp3) is 0.778. The zero-order valence-electron chi connectivity index (χ0n) is 7.85. The van der Waals surface area contributed by atoms with Crippen LogP contribution < -0.4 is 0 Å². The third kappa shape index (κ3) is 25.2. The molecular weight excluding hydrogens is 124 g/mol. The number of ether oxygens (including phenoxy) is 1. The van der Waals surface area contributed by atoms with E-state index in [2.05, 4.69) is 6.58 Å². The molecule has 62 valence electrons. The summed E-state index contributed by atoms with van der Waals surface area (Å²) >= 11 is 0. The molecule has 0 aliphatic carbocycles. The molecule has 10 heavy (non-hydrogen) atoms. The quantitative estimate of drug-likeness (QED) is 0.541. The number of hydrogen-bond acceptors (Lipinski definition) is 1. The molecule has 1 nitrogen and oxygen atoms in total. The molecule has 1 heteroatoms. The van der Waals surface area contributed by atoms with Crippen molar-refractivity contribution in [2.45, 2.75) is 46.8 Å². The Hall–Kier alpha value is -0.300. The zero-order chi connectivity index (χ0) is 8.57. The molecule has 0 unspecified atom stereocenters. The van der Waals surface area contributed by atoms with Crippen LogP contribution in [0.15, 0.2) is 12.7 Å². The van der Waals surface area contributed by atoms with E-state index in [1.807, 2.05) is 34.6 Å². The Morgan fingerprint density at radius 1 is 1.10 bits per heavy atom. The second-order valence-corrected chi connectivity index (χ2v) is 2.64. The van der Waals surface area contributed by atoms with E-state index in [1.165, 1.54) is 0 Å². The van der Waals surface area contributed by atoms with Gasteiger partial charge in [0.05, 0.1) is 12.2 Å². The Bertz CT molecular complexity index is 59.1. The van der Waals surface area contributed by atoms with Crippen molar-refractivity contribution in [2.75, 3.05) is 0 Å². The Balaban J connectivity index is 0. The van der Waals surface area contributed by atoms with Crippen LogP contribution in [-0.4, -0.2) is 12.2 Å². The van der Waals surface area contributed by atoms with E-state index in [4.69, 9.17) is 4.74 Å². The van der Waals surface area contributed by atoms with Crippen molar-refractivity contribution in [1.82, 2.24) is 0 Å². The van der Waals surface area contributed by atoms with Crippen LogP contribution in [0.1, 0.15) is 34.6 Å². The molecule has 0 saturated carbocycles. The first-order valence-electron chi connectivity index (χ1n) is 3.77. The average molecular weight is 144 g/mol. The maximum absolute atomic E-state index is 5.25.